The molecule has 0 heterocycles. The molecule has 0 aromatic rings. The van der Waals surface area contributed by atoms with Gasteiger partial charge in [-0.15, -0.1) is 0 Å². The van der Waals surface area contributed by atoms with Crippen LogP contribution in [0.2, 0.25) is 0 Å². The molecule has 118 valence electrons. The van der Waals surface area contributed by atoms with Crippen molar-refractivity contribution in [2.75, 3.05) is 13.1 Å². The SMILES string of the molecule is CCCNCC1(OC2CCCC(C)C2)CCCCCC1. The maximum Gasteiger partial charge on any atom is 0.0810 e. The maximum atomic E-state index is 6.75. The molecule has 2 atom stereocenters. The highest BCUT2D eigenvalue weighted by Gasteiger charge is 2.35. The lowest BCUT2D eigenvalue weighted by Crippen LogP contribution is -2.46. The van der Waals surface area contributed by atoms with Gasteiger partial charge in [-0.1, -0.05) is 52.4 Å². The molecule has 2 rings (SSSR count). The van der Waals surface area contributed by atoms with E-state index in [0.717, 1.165) is 19.0 Å². The monoisotopic (exact) mass is 281 g/mol. The van der Waals surface area contributed by atoms with Crippen LogP contribution in [0.15, 0.2) is 0 Å². The van der Waals surface area contributed by atoms with Crippen molar-refractivity contribution < 1.29 is 4.74 Å². The summed E-state index contributed by atoms with van der Waals surface area (Å²) in [5.74, 6) is 0.861. The van der Waals surface area contributed by atoms with Crippen LogP contribution in [0, 0.1) is 5.92 Å². The van der Waals surface area contributed by atoms with Gasteiger partial charge in [0.15, 0.2) is 0 Å². The van der Waals surface area contributed by atoms with E-state index in [1.54, 1.807) is 0 Å². The fraction of sp³-hybridized carbons (Fsp3) is 1.00. The fourth-order valence-corrected chi connectivity index (χ4v) is 4.04. The van der Waals surface area contributed by atoms with Gasteiger partial charge in [0.05, 0.1) is 11.7 Å². The first-order chi connectivity index (χ1) is 9.74. The van der Waals surface area contributed by atoms with Gasteiger partial charge in [0.2, 0.25) is 0 Å². The summed E-state index contributed by atoms with van der Waals surface area (Å²) in [5, 5.41) is 3.65. The van der Waals surface area contributed by atoms with Crippen molar-refractivity contribution in [3.05, 3.63) is 0 Å². The molecule has 0 aliphatic heterocycles. The van der Waals surface area contributed by atoms with Crippen LogP contribution in [0.25, 0.3) is 0 Å². The van der Waals surface area contributed by atoms with Crippen molar-refractivity contribution >= 4 is 0 Å². The minimum atomic E-state index is 0.146. The largest absolute Gasteiger partial charge is 0.370 e. The predicted molar refractivity (Wildman–Crippen MR) is 86.1 cm³/mol. The van der Waals surface area contributed by atoms with Crippen molar-refractivity contribution in [3.8, 4) is 0 Å². The Morgan fingerprint density at radius 3 is 2.45 bits per heavy atom. The van der Waals surface area contributed by atoms with E-state index in [1.165, 1.54) is 70.6 Å². The molecule has 0 aromatic heterocycles. The van der Waals surface area contributed by atoms with Gasteiger partial charge >= 0.3 is 0 Å². The van der Waals surface area contributed by atoms with Gasteiger partial charge in [0.1, 0.15) is 0 Å². The molecule has 1 N–H and O–H groups in total. The smallest absolute Gasteiger partial charge is 0.0810 e. The van der Waals surface area contributed by atoms with E-state index >= 15 is 0 Å². The van der Waals surface area contributed by atoms with E-state index < -0.39 is 0 Å². The second kappa shape index (κ2) is 8.38. The normalized spacial score (nSPS) is 30.9. The van der Waals surface area contributed by atoms with Crippen LogP contribution in [0.3, 0.4) is 0 Å². The Bertz CT molecular complexity index is 258. The van der Waals surface area contributed by atoms with Gasteiger partial charge in [0.25, 0.3) is 0 Å². The van der Waals surface area contributed by atoms with E-state index in [4.69, 9.17) is 4.74 Å². The van der Waals surface area contributed by atoms with E-state index in [2.05, 4.69) is 19.2 Å². The van der Waals surface area contributed by atoms with E-state index in [1.807, 2.05) is 0 Å². The lowest BCUT2D eigenvalue weighted by atomic mass is 9.87. The molecule has 2 fully saturated rings. The van der Waals surface area contributed by atoms with Gasteiger partial charge in [-0.05, 0) is 44.6 Å². The summed E-state index contributed by atoms with van der Waals surface area (Å²) in [5.41, 5.74) is 0.146. The first kappa shape index (κ1) is 16.3. The molecule has 0 aromatic carbocycles. The van der Waals surface area contributed by atoms with Crippen molar-refractivity contribution in [3.63, 3.8) is 0 Å². The second-order valence-electron chi connectivity index (χ2n) is 7.29. The molecule has 2 heteroatoms. The minimum Gasteiger partial charge on any atom is -0.370 e. The zero-order chi connectivity index (χ0) is 14.3. The van der Waals surface area contributed by atoms with Gasteiger partial charge in [-0.2, -0.15) is 0 Å². The van der Waals surface area contributed by atoms with Crippen LogP contribution in [0.1, 0.15) is 84.5 Å². The van der Waals surface area contributed by atoms with Gasteiger partial charge in [0, 0.05) is 6.54 Å². The number of hydrogen-bond acceptors (Lipinski definition) is 2. The topological polar surface area (TPSA) is 21.3 Å². The summed E-state index contributed by atoms with van der Waals surface area (Å²) >= 11 is 0. The fourth-order valence-electron chi connectivity index (χ4n) is 4.04. The van der Waals surface area contributed by atoms with Crippen LogP contribution < -0.4 is 5.32 Å². The molecular weight excluding hydrogens is 246 g/mol. The van der Waals surface area contributed by atoms with E-state index in [9.17, 15) is 0 Å². The molecule has 2 saturated carbocycles. The number of rotatable bonds is 6. The molecule has 0 bridgehead atoms. The van der Waals surface area contributed by atoms with E-state index in [0.29, 0.717) is 6.10 Å². The van der Waals surface area contributed by atoms with Gasteiger partial charge < -0.3 is 10.1 Å². The molecular formula is C18H35NO. The molecule has 2 aliphatic rings. The first-order valence-corrected chi connectivity index (χ1v) is 9.13. The molecule has 0 saturated heterocycles. The number of nitrogens with one attached hydrogen (secondary N) is 1. The third-order valence-electron chi connectivity index (χ3n) is 5.19. The third-order valence-corrected chi connectivity index (χ3v) is 5.19. The summed E-state index contributed by atoms with van der Waals surface area (Å²) in [4.78, 5) is 0. The van der Waals surface area contributed by atoms with Crippen LogP contribution in [0.5, 0.6) is 0 Å². The summed E-state index contributed by atoms with van der Waals surface area (Å²) in [7, 11) is 0. The average Bonchev–Trinajstić information content (AvgIpc) is 2.65. The Labute approximate surface area is 126 Å². The van der Waals surface area contributed by atoms with Crippen molar-refractivity contribution in [1.29, 1.82) is 0 Å². The lowest BCUT2D eigenvalue weighted by molar-refractivity contribution is -0.117. The second-order valence-corrected chi connectivity index (χ2v) is 7.29. The summed E-state index contributed by atoms with van der Waals surface area (Å²) in [6.45, 7) is 6.85. The van der Waals surface area contributed by atoms with Crippen LogP contribution in [-0.2, 0) is 4.74 Å². The predicted octanol–water partition coefficient (Wildman–Crippen LogP) is 4.67. The van der Waals surface area contributed by atoms with Crippen LogP contribution in [-0.4, -0.2) is 24.8 Å². The lowest BCUT2D eigenvalue weighted by Gasteiger charge is -2.39. The van der Waals surface area contributed by atoms with Crippen LogP contribution >= 0.6 is 0 Å². The highest BCUT2D eigenvalue weighted by molar-refractivity contribution is 4.88. The van der Waals surface area contributed by atoms with Crippen molar-refractivity contribution in [1.82, 2.24) is 5.32 Å². The average molecular weight is 281 g/mol. The quantitative estimate of drug-likeness (QED) is 0.564. The van der Waals surface area contributed by atoms with Crippen LogP contribution in [0.4, 0.5) is 0 Å². The molecule has 0 radical (unpaired) electrons. The molecule has 0 spiro atoms. The zero-order valence-corrected chi connectivity index (χ0v) is 13.8. The Balaban J connectivity index is 1.93. The molecule has 2 nitrogen and oxygen atoms in total. The highest BCUT2D eigenvalue weighted by atomic mass is 16.5. The number of hydrogen-bond donors (Lipinski definition) is 1. The third kappa shape index (κ3) is 5.04. The zero-order valence-electron chi connectivity index (χ0n) is 13.8. The summed E-state index contributed by atoms with van der Waals surface area (Å²) in [6.07, 6.45) is 15.2. The van der Waals surface area contributed by atoms with Crippen molar-refractivity contribution in [2.24, 2.45) is 5.92 Å². The standard InChI is InChI=1S/C18H35NO/c1-3-13-19-15-18(11-6-4-5-7-12-18)20-17-10-8-9-16(2)14-17/h16-17,19H,3-15H2,1-2H3. The summed E-state index contributed by atoms with van der Waals surface area (Å²) < 4.78 is 6.75. The van der Waals surface area contributed by atoms with Crippen molar-refractivity contribution in [2.45, 2.75) is 96.2 Å². The number of ether oxygens (including phenoxy) is 1. The highest BCUT2D eigenvalue weighted by Crippen LogP contribution is 2.35. The van der Waals surface area contributed by atoms with Gasteiger partial charge in [-0.3, -0.25) is 0 Å². The summed E-state index contributed by atoms with van der Waals surface area (Å²) in [6, 6.07) is 0. The molecule has 2 unspecified atom stereocenters. The first-order valence-electron chi connectivity index (χ1n) is 9.13. The van der Waals surface area contributed by atoms with E-state index in [-0.39, 0.29) is 5.60 Å². The Morgan fingerprint density at radius 2 is 1.80 bits per heavy atom. The van der Waals surface area contributed by atoms with Gasteiger partial charge in [-0.25, -0.2) is 0 Å². The Morgan fingerprint density at radius 1 is 1.05 bits per heavy atom. The maximum absolute atomic E-state index is 6.75. The molecule has 2 aliphatic carbocycles. The Kier molecular flexibility index (Phi) is 6.83. The Hall–Kier alpha value is -0.0800. The molecule has 0 amide bonds. The minimum absolute atomic E-state index is 0.146. The molecule has 20 heavy (non-hydrogen) atoms.